The second-order valence-corrected chi connectivity index (χ2v) is 5.72. The summed E-state index contributed by atoms with van der Waals surface area (Å²) in [6.07, 6.45) is 3.67. The van der Waals surface area contributed by atoms with E-state index in [2.05, 4.69) is 27.1 Å². The average molecular weight is 300 g/mol. The van der Waals surface area contributed by atoms with Gasteiger partial charge in [0.15, 0.2) is 5.78 Å². The van der Waals surface area contributed by atoms with Crippen molar-refractivity contribution in [3.63, 3.8) is 0 Å². The first-order valence-corrected chi connectivity index (χ1v) is 7.90. The van der Waals surface area contributed by atoms with Crippen LogP contribution in [0.4, 0.5) is 0 Å². The van der Waals surface area contributed by atoms with Gasteiger partial charge in [-0.25, -0.2) is 4.98 Å². The second-order valence-electron chi connectivity index (χ2n) is 4.77. The number of carbonyl (C=O) groups is 1. The van der Waals surface area contributed by atoms with Crippen molar-refractivity contribution in [1.82, 2.24) is 20.2 Å². The van der Waals surface area contributed by atoms with Crippen molar-refractivity contribution in [2.45, 2.75) is 24.9 Å². The SMILES string of the molecule is CCCc1nc(SCC(=O)c2c[nH]c3ccccc23)n[nH]1. The van der Waals surface area contributed by atoms with Crippen LogP contribution in [0.3, 0.4) is 0 Å². The van der Waals surface area contributed by atoms with Gasteiger partial charge in [0.25, 0.3) is 0 Å². The maximum absolute atomic E-state index is 12.3. The largest absolute Gasteiger partial charge is 0.360 e. The number of hydrogen-bond donors (Lipinski definition) is 2. The maximum atomic E-state index is 12.3. The van der Waals surface area contributed by atoms with Crippen molar-refractivity contribution >= 4 is 28.4 Å². The van der Waals surface area contributed by atoms with E-state index >= 15 is 0 Å². The number of nitrogens with one attached hydrogen (secondary N) is 2. The smallest absolute Gasteiger partial charge is 0.208 e. The molecule has 1 aromatic carbocycles. The number of rotatable bonds is 6. The van der Waals surface area contributed by atoms with Gasteiger partial charge in [0.1, 0.15) is 5.82 Å². The van der Waals surface area contributed by atoms with Gasteiger partial charge in [0, 0.05) is 29.1 Å². The molecule has 0 amide bonds. The first-order valence-electron chi connectivity index (χ1n) is 6.91. The fourth-order valence-electron chi connectivity index (χ4n) is 2.20. The Kier molecular flexibility index (Phi) is 4.06. The number of aromatic amines is 2. The van der Waals surface area contributed by atoms with E-state index in [1.165, 1.54) is 11.8 Å². The zero-order valence-corrected chi connectivity index (χ0v) is 12.5. The molecule has 0 spiro atoms. The molecule has 0 radical (unpaired) electrons. The highest BCUT2D eigenvalue weighted by Gasteiger charge is 2.13. The van der Waals surface area contributed by atoms with Gasteiger partial charge in [-0.2, -0.15) is 0 Å². The molecule has 0 aliphatic rings. The summed E-state index contributed by atoms with van der Waals surface area (Å²) >= 11 is 1.37. The first kappa shape index (κ1) is 13.9. The maximum Gasteiger partial charge on any atom is 0.208 e. The quantitative estimate of drug-likeness (QED) is 0.541. The van der Waals surface area contributed by atoms with Gasteiger partial charge in [-0.3, -0.25) is 9.89 Å². The highest BCUT2D eigenvalue weighted by molar-refractivity contribution is 7.99. The Morgan fingerprint density at radius 1 is 1.33 bits per heavy atom. The molecule has 2 aromatic heterocycles. The highest BCUT2D eigenvalue weighted by atomic mass is 32.2. The minimum absolute atomic E-state index is 0.0827. The molecule has 2 heterocycles. The number of H-pyrrole nitrogens is 2. The number of fused-ring (bicyclic) bond motifs is 1. The molecule has 108 valence electrons. The van der Waals surface area contributed by atoms with Gasteiger partial charge in [0.2, 0.25) is 5.16 Å². The molecule has 21 heavy (non-hydrogen) atoms. The molecule has 2 N–H and O–H groups in total. The number of ketones is 1. The van der Waals surface area contributed by atoms with Crippen molar-refractivity contribution in [2.75, 3.05) is 5.75 Å². The number of carbonyl (C=O) groups excluding carboxylic acids is 1. The standard InChI is InChI=1S/C15H16N4OS/c1-2-5-14-17-15(19-18-14)21-9-13(20)11-8-16-12-7-4-3-6-10(11)12/h3-4,6-8,16H,2,5,9H2,1H3,(H,17,18,19). The molecule has 0 fully saturated rings. The van der Waals surface area contributed by atoms with Crippen LogP contribution >= 0.6 is 11.8 Å². The van der Waals surface area contributed by atoms with E-state index in [4.69, 9.17) is 0 Å². The van der Waals surface area contributed by atoms with Crippen LogP contribution < -0.4 is 0 Å². The van der Waals surface area contributed by atoms with Crippen molar-refractivity contribution in [3.05, 3.63) is 41.9 Å². The summed E-state index contributed by atoms with van der Waals surface area (Å²) in [7, 11) is 0. The summed E-state index contributed by atoms with van der Waals surface area (Å²) < 4.78 is 0. The van der Waals surface area contributed by atoms with Crippen LogP contribution in [-0.2, 0) is 6.42 Å². The summed E-state index contributed by atoms with van der Waals surface area (Å²) in [5.74, 6) is 1.30. The van der Waals surface area contributed by atoms with Crippen molar-refractivity contribution in [1.29, 1.82) is 0 Å². The molecular formula is C15H16N4OS. The molecule has 5 nitrogen and oxygen atoms in total. The summed E-state index contributed by atoms with van der Waals surface area (Å²) in [5.41, 5.74) is 1.70. The van der Waals surface area contributed by atoms with E-state index in [1.807, 2.05) is 24.3 Å². The third-order valence-corrected chi connectivity index (χ3v) is 4.07. The number of para-hydroxylation sites is 1. The van der Waals surface area contributed by atoms with Gasteiger partial charge >= 0.3 is 0 Å². The molecular weight excluding hydrogens is 284 g/mol. The number of thioether (sulfide) groups is 1. The Morgan fingerprint density at radius 3 is 3.05 bits per heavy atom. The topological polar surface area (TPSA) is 74.4 Å². The van der Waals surface area contributed by atoms with Crippen LogP contribution in [0, 0.1) is 0 Å². The lowest BCUT2D eigenvalue weighted by atomic mass is 10.1. The number of hydrogen-bond acceptors (Lipinski definition) is 4. The Morgan fingerprint density at radius 2 is 2.19 bits per heavy atom. The molecule has 0 aliphatic heterocycles. The molecule has 0 saturated carbocycles. The van der Waals surface area contributed by atoms with Crippen LogP contribution in [0.5, 0.6) is 0 Å². The summed E-state index contributed by atoms with van der Waals surface area (Å²) in [4.78, 5) is 19.8. The fraction of sp³-hybridized carbons (Fsp3) is 0.267. The lowest BCUT2D eigenvalue weighted by molar-refractivity contribution is 0.102. The second kappa shape index (κ2) is 6.13. The van der Waals surface area contributed by atoms with Gasteiger partial charge in [-0.1, -0.05) is 36.9 Å². The molecule has 3 aromatic rings. The summed E-state index contributed by atoms with van der Waals surface area (Å²) in [6, 6.07) is 7.80. The van der Waals surface area contributed by atoms with Gasteiger partial charge in [-0.05, 0) is 12.5 Å². The minimum atomic E-state index is 0.0827. The van der Waals surface area contributed by atoms with E-state index in [1.54, 1.807) is 6.20 Å². The number of Topliss-reactive ketones (excluding diaryl/α,β-unsaturated/α-hetero) is 1. The molecule has 6 heteroatoms. The highest BCUT2D eigenvalue weighted by Crippen LogP contribution is 2.21. The van der Waals surface area contributed by atoms with Crippen LogP contribution in [0.25, 0.3) is 10.9 Å². The normalized spacial score (nSPS) is 11.1. The Hall–Kier alpha value is -2.08. The minimum Gasteiger partial charge on any atom is -0.360 e. The lowest BCUT2D eigenvalue weighted by Gasteiger charge is -1.97. The van der Waals surface area contributed by atoms with Crippen LogP contribution in [0.2, 0.25) is 0 Å². The lowest BCUT2D eigenvalue weighted by Crippen LogP contribution is -2.01. The van der Waals surface area contributed by atoms with Crippen LogP contribution in [0.1, 0.15) is 29.5 Å². The number of aryl methyl sites for hydroxylation is 1. The summed E-state index contributed by atoms with van der Waals surface area (Å²) in [5, 5.41) is 8.61. The number of nitrogens with zero attached hydrogens (tertiary/aromatic N) is 2. The molecule has 0 bridgehead atoms. The van der Waals surface area contributed by atoms with Crippen molar-refractivity contribution in [2.24, 2.45) is 0 Å². The Labute approximate surface area is 126 Å². The van der Waals surface area contributed by atoms with Crippen LogP contribution in [0.15, 0.2) is 35.6 Å². The first-order chi connectivity index (χ1) is 10.3. The fourth-order valence-corrected chi connectivity index (χ4v) is 2.90. The van der Waals surface area contributed by atoms with E-state index in [0.29, 0.717) is 10.9 Å². The zero-order valence-electron chi connectivity index (χ0n) is 11.7. The molecule has 3 rings (SSSR count). The molecule has 0 aliphatic carbocycles. The third kappa shape index (κ3) is 3.00. The predicted molar refractivity (Wildman–Crippen MR) is 83.7 cm³/mol. The zero-order chi connectivity index (χ0) is 14.7. The Balaban J connectivity index is 1.68. The Bertz CT molecular complexity index is 762. The van der Waals surface area contributed by atoms with Gasteiger partial charge in [-0.15, -0.1) is 5.10 Å². The predicted octanol–water partition coefficient (Wildman–Crippen LogP) is 3.21. The number of benzene rings is 1. The van der Waals surface area contributed by atoms with Crippen LogP contribution in [-0.4, -0.2) is 31.7 Å². The number of aromatic nitrogens is 4. The molecule has 0 atom stereocenters. The average Bonchev–Trinajstić information content (AvgIpc) is 3.12. The van der Waals surface area contributed by atoms with E-state index < -0.39 is 0 Å². The van der Waals surface area contributed by atoms with Crippen molar-refractivity contribution in [3.8, 4) is 0 Å². The van der Waals surface area contributed by atoms with Gasteiger partial charge in [0.05, 0.1) is 5.75 Å². The summed E-state index contributed by atoms with van der Waals surface area (Å²) in [6.45, 7) is 2.09. The monoisotopic (exact) mass is 300 g/mol. The molecule has 0 saturated heterocycles. The molecule has 0 unspecified atom stereocenters. The third-order valence-electron chi connectivity index (χ3n) is 3.22. The van der Waals surface area contributed by atoms with E-state index in [9.17, 15) is 4.79 Å². The van der Waals surface area contributed by atoms with Crippen molar-refractivity contribution < 1.29 is 4.79 Å². The van der Waals surface area contributed by atoms with E-state index in [0.717, 1.165) is 35.1 Å². The van der Waals surface area contributed by atoms with Gasteiger partial charge < -0.3 is 4.98 Å². The van der Waals surface area contributed by atoms with E-state index in [-0.39, 0.29) is 5.78 Å².